The van der Waals surface area contributed by atoms with E-state index >= 15 is 14.4 Å². The fraction of sp³-hybridized carbons (Fsp3) is 0.671. The molecule has 2 aromatic rings. The summed E-state index contributed by atoms with van der Waals surface area (Å²) in [6.45, 7) is 33.4. The van der Waals surface area contributed by atoms with Crippen molar-refractivity contribution in [3.05, 3.63) is 107 Å². The van der Waals surface area contributed by atoms with E-state index in [0.717, 1.165) is 44.6 Å². The summed E-state index contributed by atoms with van der Waals surface area (Å²) in [5.74, 6) is -6.30. The highest BCUT2D eigenvalue weighted by Gasteiger charge is 2.79. The van der Waals surface area contributed by atoms with Gasteiger partial charge >= 0.3 is 29.8 Å². The van der Waals surface area contributed by atoms with Crippen LogP contribution in [0.1, 0.15) is 210 Å². The Labute approximate surface area is 572 Å². The standard InChI is InChI=1S/C79H105NO17/c1-43(2)50-30-36-77(38-37-74(15)51(60(50)77)28-29-55-73(14)34-32-57(93-45(4)81)71(10,11)54(73)31-35-75(55,74)16)69(89)95-62(61(48-24-20-18-21-25-48)80-68(88)70(7,8)9)52(84)33-39-91-53-41-79(90)66(96-67(87)49-26-22-19-23-27-49)64-76(17,56(85)40-58-78(64,42-92-58)97-47(6)83)65(86)63(94-46(5)82)59(44(53)3)72(79,12)13/h18-28,50,53-58,60-64,66,85,90H,1,29-42H2,2-17H3,(H,80,88)/t50-,53-,54?,55?,56-,57-,58?,60?,61?,62?,63+,64?,66-,73-,74+,75+,76+,77-,78-,79?/m0/s1. The molecule has 0 spiro atoms. The lowest BCUT2D eigenvalue weighted by molar-refractivity contribution is -0.346. The molecule has 1 amide bonds. The number of aliphatic hydroxyl groups excluding tert-OH is 1. The summed E-state index contributed by atoms with van der Waals surface area (Å²) in [4.78, 5) is 117. The van der Waals surface area contributed by atoms with Crippen molar-refractivity contribution in [3.63, 3.8) is 0 Å². The summed E-state index contributed by atoms with van der Waals surface area (Å²) in [6, 6.07) is 15.8. The van der Waals surface area contributed by atoms with Gasteiger partial charge in [0.2, 0.25) is 5.91 Å². The molecule has 528 valence electrons. The largest absolute Gasteiger partial charge is 0.462 e. The van der Waals surface area contributed by atoms with E-state index in [4.69, 9.17) is 33.2 Å². The van der Waals surface area contributed by atoms with Gasteiger partial charge in [-0.3, -0.25) is 33.6 Å². The van der Waals surface area contributed by atoms with Gasteiger partial charge in [-0.2, -0.15) is 0 Å². The molecule has 18 nitrogen and oxygen atoms in total. The highest BCUT2D eigenvalue weighted by atomic mass is 16.6. The molecule has 1 heterocycles. The van der Waals surface area contributed by atoms with Gasteiger partial charge in [0.1, 0.15) is 23.9 Å². The zero-order chi connectivity index (χ0) is 70.9. The molecule has 0 aromatic heterocycles. The number of Topliss-reactive ketones (excluding diaryl/α,β-unsaturated/α-hetero) is 2. The molecule has 8 aliphatic carbocycles. The quantitative estimate of drug-likeness (QED) is 0.0802. The van der Waals surface area contributed by atoms with Crippen molar-refractivity contribution >= 4 is 47.3 Å². The van der Waals surface area contributed by atoms with Gasteiger partial charge in [-0.05, 0) is 141 Å². The van der Waals surface area contributed by atoms with E-state index in [-0.39, 0.29) is 82.8 Å². The van der Waals surface area contributed by atoms with Gasteiger partial charge in [0, 0.05) is 62.2 Å². The van der Waals surface area contributed by atoms with Crippen molar-refractivity contribution in [1.29, 1.82) is 0 Å². The van der Waals surface area contributed by atoms with Crippen LogP contribution in [0, 0.1) is 72.9 Å². The van der Waals surface area contributed by atoms with Crippen LogP contribution in [-0.4, -0.2) is 125 Å². The fourth-order valence-electron chi connectivity index (χ4n) is 21.5. The van der Waals surface area contributed by atoms with Crippen LogP contribution in [-0.2, 0) is 66.7 Å². The van der Waals surface area contributed by atoms with Gasteiger partial charge in [-0.15, -0.1) is 0 Å². The van der Waals surface area contributed by atoms with Crippen molar-refractivity contribution in [3.8, 4) is 0 Å². The SMILES string of the molecule is C=C(C)[C@@H]1CC[C@]2(C(=O)OC(C(=O)CCO[C@H]3CC4(O)[C@@H](OC(=O)c5ccccc5)C5[C@]6(OC(C)=O)COC6C[C@H](O)[C@@]5(C)C(=O)[C@H](OC(C)=O)C(=C3C)C4(C)C)C(NC(=O)C(C)(C)C)c3ccccc3)CC[C@]3(C)C(=CCC4[C@@]5(C)CC[C@H](OC(C)=O)C(C)(C)C5CC[C@]43C)C12. The molecule has 0 radical (unpaired) electrons. The maximum absolute atomic E-state index is 16.3. The molecule has 18 heteroatoms. The molecule has 7 fully saturated rings. The van der Waals surface area contributed by atoms with E-state index in [2.05, 4.69) is 52.6 Å². The van der Waals surface area contributed by atoms with E-state index in [1.807, 2.05) is 13.0 Å². The van der Waals surface area contributed by atoms with Gasteiger partial charge in [0.25, 0.3) is 0 Å². The van der Waals surface area contributed by atoms with Gasteiger partial charge in [0.05, 0.1) is 53.8 Å². The zero-order valence-electron chi connectivity index (χ0n) is 60.0. The van der Waals surface area contributed by atoms with Crippen molar-refractivity contribution in [2.75, 3.05) is 13.2 Å². The lowest BCUT2D eigenvalue weighted by Crippen LogP contribution is -2.82. The lowest BCUT2D eigenvalue weighted by Gasteiger charge is -2.70. The minimum absolute atomic E-state index is 0.0470. The predicted molar refractivity (Wildman–Crippen MR) is 359 cm³/mol. The Bertz CT molecular complexity index is 3580. The number of ether oxygens (including phenoxy) is 7. The van der Waals surface area contributed by atoms with Crippen molar-refractivity contribution < 1.29 is 81.7 Å². The van der Waals surface area contributed by atoms with Crippen LogP contribution in [0.4, 0.5) is 0 Å². The van der Waals surface area contributed by atoms with Gasteiger partial charge in [-0.1, -0.05) is 142 Å². The Balaban J connectivity index is 0.963. The first kappa shape index (κ1) is 71.9. The van der Waals surface area contributed by atoms with Crippen LogP contribution in [0.2, 0.25) is 0 Å². The Hall–Kier alpha value is -6.34. The molecule has 3 N–H and O–H groups in total. The van der Waals surface area contributed by atoms with Crippen LogP contribution < -0.4 is 5.32 Å². The topological polar surface area (TPSA) is 254 Å². The molecule has 1 saturated heterocycles. The molecular formula is C79H105NO17. The number of amides is 1. The third-order valence-electron chi connectivity index (χ3n) is 26.9. The van der Waals surface area contributed by atoms with Crippen LogP contribution in [0.15, 0.2) is 95.6 Å². The minimum atomic E-state index is -2.31. The molecular weight excluding hydrogens is 1230 g/mol. The van der Waals surface area contributed by atoms with Gasteiger partial charge in [-0.25, -0.2) is 4.79 Å². The highest BCUT2D eigenvalue weighted by molar-refractivity contribution is 5.96. The summed E-state index contributed by atoms with van der Waals surface area (Å²) in [6.07, 6.45) is -0.757. The molecule has 2 bridgehead atoms. The second-order valence-electron chi connectivity index (χ2n) is 33.6. The third kappa shape index (κ3) is 11.2. The normalized spacial score (nSPS) is 38.8. The van der Waals surface area contributed by atoms with Crippen molar-refractivity contribution in [2.24, 2.45) is 72.9 Å². The zero-order valence-corrected chi connectivity index (χ0v) is 60.0. The fourth-order valence-corrected chi connectivity index (χ4v) is 21.5. The minimum Gasteiger partial charge on any atom is -0.462 e. The number of carbonyl (C=O) groups excluding carboxylic acids is 8. The highest BCUT2D eigenvalue weighted by Crippen LogP contribution is 2.77. The Morgan fingerprint density at radius 1 is 0.784 bits per heavy atom. The number of ketones is 2. The molecule has 2 aromatic carbocycles. The summed E-state index contributed by atoms with van der Waals surface area (Å²) >= 11 is 0. The van der Waals surface area contributed by atoms with Crippen LogP contribution >= 0.6 is 0 Å². The van der Waals surface area contributed by atoms with Crippen LogP contribution in [0.3, 0.4) is 0 Å². The van der Waals surface area contributed by atoms with E-state index in [1.54, 1.807) is 84.0 Å². The number of esters is 5. The molecule has 8 unspecified atom stereocenters. The number of hydrogen-bond donors (Lipinski definition) is 3. The molecule has 1 aliphatic heterocycles. The first-order chi connectivity index (χ1) is 45.2. The first-order valence-electron chi connectivity index (χ1n) is 35.4. The number of fused-ring (bicyclic) bond motifs is 12. The number of rotatable bonds is 16. The molecule has 9 aliphatic rings. The average molecular weight is 1340 g/mol. The molecule has 20 atom stereocenters. The van der Waals surface area contributed by atoms with E-state index in [1.165, 1.54) is 38.5 Å². The lowest BCUT2D eigenvalue weighted by atomic mass is 9.34. The monoisotopic (exact) mass is 1340 g/mol. The third-order valence-corrected chi connectivity index (χ3v) is 26.9. The maximum atomic E-state index is 16.3. The van der Waals surface area contributed by atoms with Crippen molar-refractivity contribution in [2.45, 2.75) is 248 Å². The van der Waals surface area contributed by atoms with Gasteiger partial charge in [0.15, 0.2) is 29.4 Å². The van der Waals surface area contributed by atoms with Gasteiger partial charge < -0.3 is 48.7 Å². The second-order valence-corrected chi connectivity index (χ2v) is 33.6. The number of benzene rings is 2. The number of nitrogens with one attached hydrogen (secondary N) is 1. The second kappa shape index (κ2) is 25.1. The molecule has 6 saturated carbocycles. The summed E-state index contributed by atoms with van der Waals surface area (Å²) in [5, 5.41) is 29.7. The summed E-state index contributed by atoms with van der Waals surface area (Å²) < 4.78 is 44.8. The van der Waals surface area contributed by atoms with E-state index in [0.29, 0.717) is 48.7 Å². The molecule has 11 rings (SSSR count). The van der Waals surface area contributed by atoms with E-state index in [9.17, 15) is 34.2 Å². The van der Waals surface area contributed by atoms with Crippen LogP contribution in [0.5, 0.6) is 0 Å². The number of aliphatic hydroxyl groups is 2. The maximum Gasteiger partial charge on any atom is 0.338 e. The first-order valence-corrected chi connectivity index (χ1v) is 35.4. The van der Waals surface area contributed by atoms with E-state index < -0.39 is 129 Å². The smallest absolute Gasteiger partial charge is 0.338 e. The summed E-state index contributed by atoms with van der Waals surface area (Å²) in [7, 11) is 0. The Kier molecular flexibility index (Phi) is 18.6. The van der Waals surface area contributed by atoms with Crippen LogP contribution in [0.25, 0.3) is 0 Å². The van der Waals surface area contributed by atoms with Crippen molar-refractivity contribution in [1.82, 2.24) is 5.32 Å². The Morgan fingerprint density at radius 3 is 2.03 bits per heavy atom. The summed E-state index contributed by atoms with van der Waals surface area (Å²) in [5.41, 5.74) is -7.20. The molecule has 97 heavy (non-hydrogen) atoms. The number of carbonyl (C=O) groups is 8. The predicted octanol–water partition coefficient (Wildman–Crippen LogP) is 12.0. The average Bonchev–Trinajstić information content (AvgIpc) is 1.02. The number of hydrogen-bond acceptors (Lipinski definition) is 17. The Morgan fingerprint density at radius 2 is 1.43 bits per heavy atom. The number of allylic oxidation sites excluding steroid dienone is 3.